The Morgan fingerprint density at radius 3 is 2.44 bits per heavy atom. The number of carboxylic acid groups (broad SMARTS) is 1. The minimum atomic E-state index is -0.250. The van der Waals surface area contributed by atoms with Crippen molar-refractivity contribution in [1.82, 2.24) is 4.98 Å². The van der Waals surface area contributed by atoms with Gasteiger partial charge in [-0.3, -0.25) is 16.1 Å². The minimum absolute atomic E-state index is 0. The van der Waals surface area contributed by atoms with E-state index >= 15 is 0 Å². The second kappa shape index (κ2) is 10.6. The molecule has 0 aliphatic heterocycles. The van der Waals surface area contributed by atoms with Crippen LogP contribution in [0.15, 0.2) is 11.6 Å². The van der Waals surface area contributed by atoms with Crippen LogP contribution in [-0.2, 0) is 4.79 Å². The van der Waals surface area contributed by atoms with E-state index in [4.69, 9.17) is 9.90 Å². The maximum atomic E-state index is 8.36. The van der Waals surface area contributed by atoms with Crippen LogP contribution in [0.3, 0.4) is 0 Å². The van der Waals surface area contributed by atoms with Gasteiger partial charge in [-0.15, -0.1) is 11.6 Å². The van der Waals surface area contributed by atoms with Crippen LogP contribution in [-0.4, -0.2) is 16.6 Å². The molecule has 0 unspecified atom stereocenters. The van der Waals surface area contributed by atoms with Gasteiger partial charge in [-0.1, -0.05) is 0 Å². The number of rotatable bonds is 0. The summed E-state index contributed by atoms with van der Waals surface area (Å²) >= 11 is 1.48. The summed E-state index contributed by atoms with van der Waals surface area (Å²) in [6, 6.07) is 0. The topological polar surface area (TPSA) is 50.2 Å². The van der Waals surface area contributed by atoms with E-state index in [9.17, 15) is 0 Å². The number of thiazole rings is 1. The van der Waals surface area contributed by atoms with Crippen LogP contribution in [0.2, 0.25) is 0 Å². The van der Waals surface area contributed by atoms with Crippen molar-refractivity contribution >= 4 is 17.8 Å². The largest absolute Gasteiger partial charge is 1.00 e. The molecule has 9 heavy (non-hydrogen) atoms. The van der Waals surface area contributed by atoms with E-state index in [1.165, 1.54) is 11.3 Å². The summed E-state index contributed by atoms with van der Waals surface area (Å²) in [5.74, 6) is 0. The van der Waals surface area contributed by atoms with Gasteiger partial charge in [-0.25, -0.2) is 0 Å². The molecule has 5 heteroatoms. The second-order valence-electron chi connectivity index (χ2n) is 0.729. The van der Waals surface area contributed by atoms with Crippen LogP contribution in [0.4, 0.5) is 0 Å². The molecule has 0 saturated heterocycles. The number of carbonyl (C=O) groups is 1. The number of hydrogen-bond donors (Lipinski definition) is 1. The van der Waals surface area contributed by atoms with Crippen molar-refractivity contribution < 1.29 is 28.8 Å². The molecule has 0 radical (unpaired) electrons. The number of hydrogen-bond acceptors (Lipinski definition) is 3. The monoisotopic (exact) mass is 137 g/mol. The van der Waals surface area contributed by atoms with Gasteiger partial charge in [-0.2, -0.15) is 0 Å². The van der Waals surface area contributed by atoms with Gasteiger partial charge in [0.1, 0.15) is 0 Å². The Balaban J connectivity index is 0. The Labute approximate surface area is 68.9 Å². The van der Waals surface area contributed by atoms with Crippen molar-refractivity contribution in [3.05, 3.63) is 17.1 Å². The van der Waals surface area contributed by atoms with Crippen molar-refractivity contribution in [1.29, 1.82) is 0 Å². The first kappa shape index (κ1) is 11.5. The average Bonchev–Trinajstić information content (AvgIpc) is 2.17. The molecule has 3 nitrogen and oxygen atoms in total. The van der Waals surface area contributed by atoms with Gasteiger partial charge >= 0.3 is 18.9 Å². The molecule has 1 aromatic rings. The van der Waals surface area contributed by atoms with Gasteiger partial charge in [0.2, 0.25) is 0 Å². The molecule has 0 spiro atoms. The zero-order valence-electron chi connectivity index (χ0n) is 4.94. The van der Waals surface area contributed by atoms with Crippen molar-refractivity contribution in [3.63, 3.8) is 0 Å². The molecule has 1 heterocycles. The molecule has 0 aromatic carbocycles. The zero-order valence-corrected chi connectivity index (χ0v) is 5.76. The predicted octanol–water partition coefficient (Wildman–Crippen LogP) is -2.35. The standard InChI is InChI=1S/C3H2NS.CH2O2.Li/c1-2-5-3-4-1;2-1-3;/h1-2H;1H,(H,2,3);/q-1;;+1. The summed E-state index contributed by atoms with van der Waals surface area (Å²) in [7, 11) is 0. The maximum absolute atomic E-state index is 8.36. The van der Waals surface area contributed by atoms with E-state index in [1.54, 1.807) is 6.20 Å². The molecular weight excluding hydrogens is 133 g/mol. The van der Waals surface area contributed by atoms with Gasteiger partial charge in [0.05, 0.1) is 0 Å². The normalized spacial score (nSPS) is 5.78. The van der Waals surface area contributed by atoms with Crippen LogP contribution in [0.1, 0.15) is 0 Å². The molecule has 44 valence electrons. The van der Waals surface area contributed by atoms with Crippen molar-refractivity contribution in [3.8, 4) is 0 Å². The summed E-state index contributed by atoms with van der Waals surface area (Å²) in [6.45, 7) is -0.250. The third-order valence-corrected chi connectivity index (χ3v) is 0.777. The first-order chi connectivity index (χ1) is 3.91. The van der Waals surface area contributed by atoms with E-state index in [1.807, 2.05) is 5.38 Å². The van der Waals surface area contributed by atoms with Crippen LogP contribution < -0.4 is 18.9 Å². The fraction of sp³-hybridized carbons (Fsp3) is 0. The molecule has 0 fully saturated rings. The molecule has 0 saturated carbocycles. The Kier molecular flexibility index (Phi) is 13.6. The van der Waals surface area contributed by atoms with Crippen LogP contribution in [0.5, 0.6) is 0 Å². The second-order valence-corrected chi connectivity index (χ2v) is 1.42. The Hall–Kier alpha value is -0.303. The third kappa shape index (κ3) is 11.3. The Morgan fingerprint density at radius 2 is 2.33 bits per heavy atom. The molecule has 0 amide bonds. The van der Waals surface area contributed by atoms with Crippen molar-refractivity contribution in [2.75, 3.05) is 0 Å². The van der Waals surface area contributed by atoms with Crippen molar-refractivity contribution in [2.24, 2.45) is 0 Å². The summed E-state index contributed by atoms with van der Waals surface area (Å²) in [4.78, 5) is 12.0. The van der Waals surface area contributed by atoms with Gasteiger partial charge in [0.15, 0.2) is 0 Å². The van der Waals surface area contributed by atoms with Crippen LogP contribution in [0.25, 0.3) is 0 Å². The van der Waals surface area contributed by atoms with Crippen LogP contribution in [0, 0.1) is 5.51 Å². The molecule has 1 aromatic heterocycles. The maximum Gasteiger partial charge on any atom is 1.00 e. The predicted molar refractivity (Wildman–Crippen MR) is 29.6 cm³/mol. The minimum Gasteiger partial charge on any atom is -0.483 e. The number of nitrogens with zero attached hydrogens (tertiary/aromatic N) is 1. The molecule has 0 aliphatic rings. The van der Waals surface area contributed by atoms with Crippen molar-refractivity contribution in [2.45, 2.75) is 0 Å². The van der Waals surface area contributed by atoms with Gasteiger partial charge in [-0.05, 0) is 5.51 Å². The van der Waals surface area contributed by atoms with E-state index in [-0.39, 0.29) is 25.3 Å². The first-order valence-corrected chi connectivity index (χ1v) is 2.63. The Morgan fingerprint density at radius 1 is 1.78 bits per heavy atom. The molecule has 0 aliphatic carbocycles. The smallest absolute Gasteiger partial charge is 0.483 e. The molecular formula is C4H4LiNO2S. The van der Waals surface area contributed by atoms with Crippen LogP contribution >= 0.6 is 11.3 Å². The SMILES string of the molecule is O=CO.[Li+].[c-]1nccs1. The van der Waals surface area contributed by atoms with Gasteiger partial charge < -0.3 is 10.1 Å². The van der Waals surface area contributed by atoms with E-state index in [2.05, 4.69) is 10.5 Å². The third-order valence-electron chi connectivity index (χ3n) is 0.309. The molecule has 0 atom stereocenters. The van der Waals surface area contributed by atoms with Gasteiger partial charge in [0.25, 0.3) is 6.47 Å². The van der Waals surface area contributed by atoms with E-state index < -0.39 is 0 Å². The molecule has 0 bridgehead atoms. The molecule has 1 N–H and O–H groups in total. The quantitative estimate of drug-likeness (QED) is 0.247. The summed E-state index contributed by atoms with van der Waals surface area (Å²) in [5, 5.41) is 8.76. The average molecular weight is 137 g/mol. The summed E-state index contributed by atoms with van der Waals surface area (Å²) < 4.78 is 0. The summed E-state index contributed by atoms with van der Waals surface area (Å²) in [6.07, 6.45) is 1.71. The number of aromatic nitrogens is 1. The Bertz CT molecular complexity index is 105. The van der Waals surface area contributed by atoms with E-state index in [0.29, 0.717) is 0 Å². The summed E-state index contributed by atoms with van der Waals surface area (Å²) in [5.41, 5.74) is 2.65. The van der Waals surface area contributed by atoms with Gasteiger partial charge in [0, 0.05) is 0 Å². The fourth-order valence-corrected chi connectivity index (χ4v) is 0.456. The molecule has 1 rings (SSSR count). The first-order valence-electron chi connectivity index (χ1n) is 1.75. The fourth-order valence-electron chi connectivity index (χ4n) is 0.152. The van der Waals surface area contributed by atoms with E-state index in [0.717, 1.165) is 0 Å². The zero-order chi connectivity index (χ0) is 6.24.